The third-order valence-electron chi connectivity index (χ3n) is 4.48. The Morgan fingerprint density at radius 2 is 2.31 bits per heavy atom. The lowest BCUT2D eigenvalue weighted by Gasteiger charge is -2.34. The lowest BCUT2D eigenvalue weighted by atomic mass is 10.1. The molecule has 1 unspecified atom stereocenters. The van der Waals surface area contributed by atoms with Gasteiger partial charge in [-0.05, 0) is 24.6 Å². The number of aryl methyl sites for hydroxylation is 1. The molecule has 0 saturated carbocycles. The van der Waals surface area contributed by atoms with Crippen LogP contribution in [0.4, 0.5) is 8.78 Å². The standard InChI is InChI=1S/C20H27F2N5O2/c1-3-23-20(24-10-15-5-4-6-17(9-15)29-14-19(21)22)27-7-8-28-18(13-27)16-11-25-26(2)12-16/h4-6,9,11-12,18-19H,3,7-8,10,13-14H2,1-2H3,(H,23,24). The minimum atomic E-state index is -2.49. The van der Waals surface area contributed by atoms with Crippen molar-refractivity contribution < 1.29 is 18.3 Å². The molecule has 1 fully saturated rings. The van der Waals surface area contributed by atoms with Gasteiger partial charge >= 0.3 is 0 Å². The Bertz CT molecular complexity index is 812. The number of hydrogen-bond acceptors (Lipinski definition) is 4. The van der Waals surface area contributed by atoms with Gasteiger partial charge in [0.2, 0.25) is 0 Å². The second-order valence-electron chi connectivity index (χ2n) is 6.77. The summed E-state index contributed by atoms with van der Waals surface area (Å²) in [4.78, 5) is 6.90. The number of aliphatic imine (C=N–C) groups is 1. The normalized spacial score (nSPS) is 17.6. The fraction of sp³-hybridized carbons (Fsp3) is 0.500. The van der Waals surface area contributed by atoms with Gasteiger partial charge in [-0.3, -0.25) is 4.68 Å². The molecule has 1 aliphatic rings. The van der Waals surface area contributed by atoms with Gasteiger partial charge in [-0.25, -0.2) is 13.8 Å². The molecule has 0 bridgehead atoms. The molecule has 1 aromatic carbocycles. The van der Waals surface area contributed by atoms with Crippen molar-refractivity contribution >= 4 is 5.96 Å². The van der Waals surface area contributed by atoms with E-state index in [9.17, 15) is 8.78 Å². The zero-order valence-corrected chi connectivity index (χ0v) is 16.7. The summed E-state index contributed by atoms with van der Waals surface area (Å²) in [6.45, 7) is 4.58. The van der Waals surface area contributed by atoms with Crippen molar-refractivity contribution in [1.29, 1.82) is 0 Å². The lowest BCUT2D eigenvalue weighted by molar-refractivity contribution is -0.00805. The number of alkyl halides is 2. The molecule has 0 radical (unpaired) electrons. The fourth-order valence-corrected chi connectivity index (χ4v) is 3.13. The van der Waals surface area contributed by atoms with E-state index in [1.807, 2.05) is 32.4 Å². The van der Waals surface area contributed by atoms with Crippen molar-refractivity contribution in [1.82, 2.24) is 20.0 Å². The predicted molar refractivity (Wildman–Crippen MR) is 106 cm³/mol. The summed E-state index contributed by atoms with van der Waals surface area (Å²) in [7, 11) is 1.88. The Hall–Kier alpha value is -2.68. The number of aromatic nitrogens is 2. The van der Waals surface area contributed by atoms with E-state index in [1.54, 1.807) is 22.9 Å². The van der Waals surface area contributed by atoms with E-state index >= 15 is 0 Å². The number of hydrogen-bond donors (Lipinski definition) is 1. The Labute approximate surface area is 169 Å². The molecule has 158 valence electrons. The summed E-state index contributed by atoms with van der Waals surface area (Å²) in [5.74, 6) is 1.22. The van der Waals surface area contributed by atoms with Crippen LogP contribution in [0.5, 0.6) is 5.75 Å². The van der Waals surface area contributed by atoms with Crippen molar-refractivity contribution in [2.24, 2.45) is 12.0 Å². The summed E-state index contributed by atoms with van der Waals surface area (Å²) >= 11 is 0. The molecule has 0 spiro atoms. The summed E-state index contributed by atoms with van der Waals surface area (Å²) in [5.41, 5.74) is 1.93. The first-order valence-corrected chi connectivity index (χ1v) is 9.68. The third kappa shape index (κ3) is 6.15. The average molecular weight is 407 g/mol. The highest BCUT2D eigenvalue weighted by Gasteiger charge is 2.25. The molecule has 1 N–H and O–H groups in total. The fourth-order valence-electron chi connectivity index (χ4n) is 3.13. The summed E-state index contributed by atoms with van der Waals surface area (Å²) in [6, 6.07) is 7.10. The predicted octanol–water partition coefficient (Wildman–Crippen LogP) is 2.60. The van der Waals surface area contributed by atoms with E-state index in [2.05, 4.69) is 15.3 Å². The number of benzene rings is 1. The molecule has 7 nitrogen and oxygen atoms in total. The average Bonchev–Trinajstić information content (AvgIpc) is 3.16. The number of nitrogens with one attached hydrogen (secondary N) is 1. The van der Waals surface area contributed by atoms with E-state index in [4.69, 9.17) is 14.5 Å². The lowest BCUT2D eigenvalue weighted by Crippen LogP contribution is -2.48. The highest BCUT2D eigenvalue weighted by Crippen LogP contribution is 2.22. The van der Waals surface area contributed by atoms with E-state index in [1.165, 1.54) is 0 Å². The Balaban J connectivity index is 1.67. The molecule has 0 amide bonds. The van der Waals surface area contributed by atoms with Crippen molar-refractivity contribution in [2.45, 2.75) is 26.0 Å². The van der Waals surface area contributed by atoms with Gasteiger partial charge in [-0.2, -0.15) is 5.10 Å². The van der Waals surface area contributed by atoms with Crippen molar-refractivity contribution in [3.8, 4) is 5.75 Å². The molecule has 1 aromatic heterocycles. The zero-order valence-electron chi connectivity index (χ0n) is 16.7. The Kier molecular flexibility index (Phi) is 7.40. The highest BCUT2D eigenvalue weighted by molar-refractivity contribution is 5.80. The number of guanidine groups is 1. The van der Waals surface area contributed by atoms with Crippen LogP contribution in [0.15, 0.2) is 41.7 Å². The van der Waals surface area contributed by atoms with Gasteiger partial charge in [0.15, 0.2) is 5.96 Å². The topological polar surface area (TPSA) is 63.9 Å². The monoisotopic (exact) mass is 407 g/mol. The molecule has 2 heterocycles. The Morgan fingerprint density at radius 1 is 1.45 bits per heavy atom. The van der Waals surface area contributed by atoms with Crippen LogP contribution in [0.25, 0.3) is 0 Å². The number of halogens is 2. The second-order valence-corrected chi connectivity index (χ2v) is 6.77. The van der Waals surface area contributed by atoms with Crippen LogP contribution in [-0.4, -0.2) is 59.9 Å². The molecule has 29 heavy (non-hydrogen) atoms. The van der Waals surface area contributed by atoms with Crippen LogP contribution in [0, 0.1) is 0 Å². The van der Waals surface area contributed by atoms with Crippen LogP contribution in [0.3, 0.4) is 0 Å². The quantitative estimate of drug-likeness (QED) is 0.565. The van der Waals surface area contributed by atoms with Crippen LogP contribution in [0.2, 0.25) is 0 Å². The van der Waals surface area contributed by atoms with Gasteiger partial charge in [-0.1, -0.05) is 12.1 Å². The zero-order chi connectivity index (χ0) is 20.6. The van der Waals surface area contributed by atoms with Crippen molar-refractivity contribution in [2.75, 3.05) is 32.8 Å². The smallest absolute Gasteiger partial charge is 0.272 e. The maximum atomic E-state index is 12.3. The summed E-state index contributed by atoms with van der Waals surface area (Å²) in [6.07, 6.45) is 1.23. The van der Waals surface area contributed by atoms with Gasteiger partial charge in [0, 0.05) is 31.9 Å². The molecule has 0 aliphatic carbocycles. The maximum absolute atomic E-state index is 12.3. The first kappa shape index (κ1) is 21.0. The van der Waals surface area contributed by atoms with Gasteiger partial charge < -0.3 is 19.7 Å². The SMILES string of the molecule is CCNC(=NCc1cccc(OCC(F)F)c1)N1CCOC(c2cnn(C)c2)C1. The maximum Gasteiger partial charge on any atom is 0.272 e. The van der Waals surface area contributed by atoms with Crippen LogP contribution < -0.4 is 10.1 Å². The van der Waals surface area contributed by atoms with Crippen LogP contribution in [-0.2, 0) is 18.3 Å². The van der Waals surface area contributed by atoms with Gasteiger partial charge in [0.25, 0.3) is 6.43 Å². The van der Waals surface area contributed by atoms with Gasteiger partial charge in [-0.15, -0.1) is 0 Å². The van der Waals surface area contributed by atoms with E-state index < -0.39 is 13.0 Å². The largest absolute Gasteiger partial charge is 0.488 e. The Morgan fingerprint density at radius 3 is 3.03 bits per heavy atom. The number of nitrogens with zero attached hydrogens (tertiary/aromatic N) is 4. The first-order chi connectivity index (χ1) is 14.0. The molecule has 3 rings (SSSR count). The summed E-state index contributed by atoms with van der Waals surface area (Å²) < 4.78 is 37.5. The van der Waals surface area contributed by atoms with E-state index in [0.717, 1.165) is 30.2 Å². The number of morpholine rings is 1. The molecule has 1 saturated heterocycles. The molecule has 2 aromatic rings. The minimum Gasteiger partial charge on any atom is -0.488 e. The molecule has 1 aliphatic heterocycles. The highest BCUT2D eigenvalue weighted by atomic mass is 19.3. The molecule has 1 atom stereocenters. The molecular weight excluding hydrogens is 380 g/mol. The first-order valence-electron chi connectivity index (χ1n) is 9.68. The van der Waals surface area contributed by atoms with Crippen molar-refractivity contribution in [3.63, 3.8) is 0 Å². The number of ether oxygens (including phenoxy) is 2. The second kappa shape index (κ2) is 10.2. The van der Waals surface area contributed by atoms with E-state index in [-0.39, 0.29) is 6.10 Å². The summed E-state index contributed by atoms with van der Waals surface area (Å²) in [5, 5.41) is 7.55. The van der Waals surface area contributed by atoms with E-state index in [0.29, 0.717) is 25.4 Å². The van der Waals surface area contributed by atoms with Crippen molar-refractivity contribution in [3.05, 3.63) is 47.8 Å². The molecular formula is C20H27F2N5O2. The number of rotatable bonds is 7. The molecule has 9 heteroatoms. The van der Waals surface area contributed by atoms with Crippen LogP contribution >= 0.6 is 0 Å². The van der Waals surface area contributed by atoms with Crippen LogP contribution in [0.1, 0.15) is 24.2 Å². The van der Waals surface area contributed by atoms with Gasteiger partial charge in [0.1, 0.15) is 18.5 Å². The minimum absolute atomic E-state index is 0.0626. The third-order valence-corrected chi connectivity index (χ3v) is 4.48. The van der Waals surface area contributed by atoms with Gasteiger partial charge in [0.05, 0.1) is 25.9 Å².